The first kappa shape index (κ1) is 13.7. The lowest BCUT2D eigenvalue weighted by Gasteiger charge is -2.03. The second kappa shape index (κ2) is 7.01. The fourth-order valence-corrected chi connectivity index (χ4v) is 2.15. The second-order valence-electron chi connectivity index (χ2n) is 3.87. The number of hydrogen-bond donors (Lipinski definition) is 1. The molecule has 100 valence electrons. The van der Waals surface area contributed by atoms with Crippen LogP contribution >= 0.6 is 11.8 Å². The molecular formula is C14H14O4S. The molecule has 0 saturated carbocycles. The summed E-state index contributed by atoms with van der Waals surface area (Å²) in [7, 11) is 0. The van der Waals surface area contributed by atoms with Crippen LogP contribution in [0.3, 0.4) is 0 Å². The first-order valence-corrected chi connectivity index (χ1v) is 6.92. The number of ether oxygens (including phenoxy) is 1. The highest BCUT2D eigenvalue weighted by Gasteiger charge is 2.08. The predicted molar refractivity (Wildman–Crippen MR) is 73.1 cm³/mol. The van der Waals surface area contributed by atoms with Gasteiger partial charge in [-0.2, -0.15) is 0 Å². The van der Waals surface area contributed by atoms with Gasteiger partial charge in [0.2, 0.25) is 5.76 Å². The van der Waals surface area contributed by atoms with Gasteiger partial charge >= 0.3 is 5.97 Å². The zero-order chi connectivity index (χ0) is 13.5. The van der Waals surface area contributed by atoms with Crippen LogP contribution in [0.2, 0.25) is 0 Å². The maximum Gasteiger partial charge on any atom is 0.371 e. The van der Waals surface area contributed by atoms with Crippen molar-refractivity contribution in [1.82, 2.24) is 0 Å². The number of carbonyl (C=O) groups is 1. The summed E-state index contributed by atoms with van der Waals surface area (Å²) in [4.78, 5) is 10.6. The van der Waals surface area contributed by atoms with E-state index in [2.05, 4.69) is 0 Å². The summed E-state index contributed by atoms with van der Waals surface area (Å²) in [5.74, 6) is 0.711. The van der Waals surface area contributed by atoms with Gasteiger partial charge in [-0.3, -0.25) is 0 Å². The molecule has 0 aliphatic carbocycles. The predicted octanol–water partition coefficient (Wildman–Crippen LogP) is 3.39. The van der Waals surface area contributed by atoms with Crippen molar-refractivity contribution in [2.45, 2.75) is 12.4 Å². The molecule has 2 aromatic rings. The van der Waals surface area contributed by atoms with Crippen molar-refractivity contribution in [3.05, 3.63) is 59.5 Å². The summed E-state index contributed by atoms with van der Waals surface area (Å²) in [5, 5.41) is 8.71. The smallest absolute Gasteiger partial charge is 0.371 e. The van der Waals surface area contributed by atoms with Crippen LogP contribution in [-0.2, 0) is 17.1 Å². The minimum Gasteiger partial charge on any atom is -0.475 e. The van der Waals surface area contributed by atoms with E-state index in [4.69, 9.17) is 14.3 Å². The molecule has 0 unspecified atom stereocenters. The van der Waals surface area contributed by atoms with Crippen molar-refractivity contribution >= 4 is 17.7 Å². The van der Waals surface area contributed by atoms with Crippen molar-refractivity contribution in [3.8, 4) is 0 Å². The maximum absolute atomic E-state index is 10.6. The molecule has 0 aliphatic rings. The molecule has 0 bridgehead atoms. The van der Waals surface area contributed by atoms with Gasteiger partial charge in [-0.25, -0.2) is 4.79 Å². The Hall–Kier alpha value is -1.72. The topological polar surface area (TPSA) is 59.7 Å². The van der Waals surface area contributed by atoms with Crippen LogP contribution in [0.15, 0.2) is 46.9 Å². The van der Waals surface area contributed by atoms with E-state index in [0.717, 1.165) is 5.56 Å². The zero-order valence-electron chi connectivity index (χ0n) is 10.2. The molecular weight excluding hydrogens is 264 g/mol. The summed E-state index contributed by atoms with van der Waals surface area (Å²) >= 11 is 1.54. The van der Waals surface area contributed by atoms with Crippen LogP contribution in [0.4, 0.5) is 0 Å². The fourth-order valence-electron chi connectivity index (χ4n) is 1.51. The molecule has 1 aromatic carbocycles. The first-order chi connectivity index (χ1) is 9.25. The number of carboxylic acids is 1. The van der Waals surface area contributed by atoms with E-state index in [0.29, 0.717) is 24.1 Å². The molecule has 0 saturated heterocycles. The number of carboxylic acid groups (broad SMARTS) is 1. The van der Waals surface area contributed by atoms with Gasteiger partial charge in [0, 0.05) is 0 Å². The summed E-state index contributed by atoms with van der Waals surface area (Å²) in [6.07, 6.45) is 0. The van der Waals surface area contributed by atoms with Crippen LogP contribution in [0.25, 0.3) is 0 Å². The van der Waals surface area contributed by atoms with Crippen molar-refractivity contribution in [1.29, 1.82) is 0 Å². The molecule has 0 spiro atoms. The number of furan rings is 1. The minimum absolute atomic E-state index is 0.0270. The number of rotatable bonds is 7. The minimum atomic E-state index is -1.04. The van der Waals surface area contributed by atoms with Crippen molar-refractivity contribution in [2.75, 3.05) is 5.94 Å². The van der Waals surface area contributed by atoms with Crippen LogP contribution in [-0.4, -0.2) is 17.0 Å². The number of aromatic carboxylic acids is 1. The van der Waals surface area contributed by atoms with Gasteiger partial charge in [-0.1, -0.05) is 30.3 Å². The van der Waals surface area contributed by atoms with Crippen molar-refractivity contribution in [2.24, 2.45) is 0 Å². The maximum atomic E-state index is 10.6. The highest BCUT2D eigenvalue weighted by atomic mass is 32.2. The molecule has 0 fully saturated rings. The molecule has 0 aliphatic heterocycles. The van der Waals surface area contributed by atoms with Crippen LogP contribution < -0.4 is 0 Å². The lowest BCUT2D eigenvalue weighted by atomic mass is 10.2. The van der Waals surface area contributed by atoms with Crippen LogP contribution in [0.5, 0.6) is 0 Å². The molecule has 19 heavy (non-hydrogen) atoms. The van der Waals surface area contributed by atoms with E-state index in [1.165, 1.54) is 6.07 Å². The Kier molecular flexibility index (Phi) is 5.06. The largest absolute Gasteiger partial charge is 0.475 e. The molecule has 0 amide bonds. The standard InChI is InChI=1S/C14H14O4S/c15-14(16)13-7-6-12(18-13)9-19-10-17-8-11-4-2-1-3-5-11/h1-7H,8-10H2,(H,15,16). The van der Waals surface area contributed by atoms with Gasteiger partial charge in [-0.05, 0) is 17.7 Å². The summed E-state index contributed by atoms with van der Waals surface area (Å²) in [5.41, 5.74) is 1.13. The normalized spacial score (nSPS) is 10.5. The Morgan fingerprint density at radius 2 is 2.00 bits per heavy atom. The van der Waals surface area contributed by atoms with E-state index in [-0.39, 0.29) is 5.76 Å². The van der Waals surface area contributed by atoms with Gasteiger partial charge in [-0.15, -0.1) is 11.8 Å². The van der Waals surface area contributed by atoms with Crippen LogP contribution in [0, 0.1) is 0 Å². The van der Waals surface area contributed by atoms with Crippen molar-refractivity contribution < 1.29 is 19.1 Å². The number of hydrogen-bond acceptors (Lipinski definition) is 4. The molecule has 2 rings (SSSR count). The molecule has 1 aromatic heterocycles. The average Bonchev–Trinajstić information content (AvgIpc) is 2.89. The van der Waals surface area contributed by atoms with Gasteiger partial charge in [0.25, 0.3) is 0 Å². The van der Waals surface area contributed by atoms with E-state index in [9.17, 15) is 4.79 Å². The summed E-state index contributed by atoms with van der Waals surface area (Å²) < 4.78 is 10.6. The molecule has 0 radical (unpaired) electrons. The zero-order valence-corrected chi connectivity index (χ0v) is 11.1. The Morgan fingerprint density at radius 3 is 2.68 bits per heavy atom. The third-order valence-corrected chi connectivity index (χ3v) is 3.22. The molecule has 1 heterocycles. The quantitative estimate of drug-likeness (QED) is 0.621. The third-order valence-electron chi connectivity index (χ3n) is 2.39. The van der Waals surface area contributed by atoms with E-state index in [1.807, 2.05) is 30.3 Å². The Bertz CT molecular complexity index is 521. The Balaban J connectivity index is 1.65. The van der Waals surface area contributed by atoms with Crippen molar-refractivity contribution in [3.63, 3.8) is 0 Å². The average molecular weight is 278 g/mol. The highest BCUT2D eigenvalue weighted by Crippen LogP contribution is 2.16. The van der Waals surface area contributed by atoms with E-state index >= 15 is 0 Å². The van der Waals surface area contributed by atoms with Gasteiger partial charge in [0.05, 0.1) is 18.3 Å². The second-order valence-corrected chi connectivity index (χ2v) is 4.80. The Morgan fingerprint density at radius 1 is 1.21 bits per heavy atom. The molecule has 1 N–H and O–H groups in total. The Labute approximate surface area is 115 Å². The molecule has 4 nitrogen and oxygen atoms in total. The van der Waals surface area contributed by atoms with Gasteiger partial charge < -0.3 is 14.3 Å². The summed E-state index contributed by atoms with van der Waals surface area (Å²) in [6.45, 7) is 0.576. The van der Waals surface area contributed by atoms with Gasteiger partial charge in [0.1, 0.15) is 5.76 Å². The van der Waals surface area contributed by atoms with Crippen LogP contribution in [0.1, 0.15) is 21.9 Å². The SMILES string of the molecule is O=C(O)c1ccc(CSCOCc2ccccc2)o1. The summed E-state index contributed by atoms with van der Waals surface area (Å²) in [6, 6.07) is 13.1. The fraction of sp³-hybridized carbons (Fsp3) is 0.214. The highest BCUT2D eigenvalue weighted by molar-refractivity contribution is 7.98. The van der Waals surface area contributed by atoms with E-state index < -0.39 is 5.97 Å². The molecule has 0 atom stereocenters. The number of thioether (sulfide) groups is 1. The monoisotopic (exact) mass is 278 g/mol. The lowest BCUT2D eigenvalue weighted by Crippen LogP contribution is -1.93. The number of benzene rings is 1. The lowest BCUT2D eigenvalue weighted by molar-refractivity contribution is 0.0661. The van der Waals surface area contributed by atoms with Gasteiger partial charge in [0.15, 0.2) is 0 Å². The first-order valence-electron chi connectivity index (χ1n) is 5.77. The van der Waals surface area contributed by atoms with E-state index in [1.54, 1.807) is 17.8 Å². The molecule has 5 heteroatoms. The third kappa shape index (κ3) is 4.46.